The fourth-order valence-corrected chi connectivity index (χ4v) is 3.02. The second-order valence-electron chi connectivity index (χ2n) is 4.88. The van der Waals surface area contributed by atoms with Gasteiger partial charge in [0.25, 0.3) is 0 Å². The van der Waals surface area contributed by atoms with E-state index in [9.17, 15) is 4.79 Å². The van der Waals surface area contributed by atoms with Crippen molar-refractivity contribution < 1.29 is 9.53 Å². The number of alkyl halides is 1. The molecule has 0 atom stereocenters. The number of halogens is 1. The molecule has 0 aliphatic rings. The maximum Gasteiger partial charge on any atom is 0.331 e. The highest BCUT2D eigenvalue weighted by molar-refractivity contribution is 14.1. The maximum absolute atomic E-state index is 12.7. The molecule has 110 valence electrons. The van der Waals surface area contributed by atoms with E-state index in [0.717, 1.165) is 24.0 Å². The number of ether oxygens (including phenoxy) is 1. The van der Waals surface area contributed by atoms with Gasteiger partial charge < -0.3 is 4.74 Å². The highest BCUT2D eigenvalue weighted by Crippen LogP contribution is 2.40. The SMILES string of the molecule is CCCCOC(=O)C(I)(c1ccccc1)c1ccccc1. The number of carbonyl (C=O) groups excluding carboxylic acids is 1. The zero-order chi connectivity index (χ0) is 15.1. The molecule has 2 nitrogen and oxygen atoms in total. The van der Waals surface area contributed by atoms with E-state index in [1.165, 1.54) is 0 Å². The van der Waals surface area contributed by atoms with Crippen molar-refractivity contribution >= 4 is 28.6 Å². The van der Waals surface area contributed by atoms with Crippen LogP contribution in [0.1, 0.15) is 30.9 Å². The minimum atomic E-state index is -0.798. The van der Waals surface area contributed by atoms with Crippen LogP contribution in [0, 0.1) is 0 Å². The number of esters is 1. The molecular weight excluding hydrogens is 375 g/mol. The number of carbonyl (C=O) groups is 1. The van der Waals surface area contributed by atoms with Crippen LogP contribution >= 0.6 is 22.6 Å². The van der Waals surface area contributed by atoms with Crippen LogP contribution in [0.4, 0.5) is 0 Å². The molecule has 0 aromatic heterocycles. The van der Waals surface area contributed by atoms with Gasteiger partial charge in [0.15, 0.2) is 3.42 Å². The fourth-order valence-electron chi connectivity index (χ4n) is 2.15. The third-order valence-corrected chi connectivity index (χ3v) is 5.04. The predicted molar refractivity (Wildman–Crippen MR) is 93.6 cm³/mol. The van der Waals surface area contributed by atoms with Gasteiger partial charge in [-0.1, -0.05) is 96.6 Å². The van der Waals surface area contributed by atoms with Gasteiger partial charge in [0.05, 0.1) is 6.61 Å². The summed E-state index contributed by atoms with van der Waals surface area (Å²) in [5.74, 6) is -0.200. The lowest BCUT2D eigenvalue weighted by molar-refractivity contribution is -0.145. The van der Waals surface area contributed by atoms with E-state index in [0.29, 0.717) is 6.61 Å². The first-order valence-corrected chi connectivity index (χ1v) is 8.24. The lowest BCUT2D eigenvalue weighted by Crippen LogP contribution is -2.32. The van der Waals surface area contributed by atoms with E-state index in [2.05, 4.69) is 29.5 Å². The monoisotopic (exact) mass is 394 g/mol. The molecule has 0 aliphatic heterocycles. The Morgan fingerprint density at radius 3 is 1.90 bits per heavy atom. The van der Waals surface area contributed by atoms with Crippen molar-refractivity contribution in [2.45, 2.75) is 23.2 Å². The molecule has 0 heterocycles. The molecule has 0 amide bonds. The smallest absolute Gasteiger partial charge is 0.331 e. The molecule has 0 saturated heterocycles. The molecule has 0 radical (unpaired) electrons. The average Bonchev–Trinajstić information content (AvgIpc) is 2.56. The summed E-state index contributed by atoms with van der Waals surface area (Å²) in [6, 6.07) is 19.6. The van der Waals surface area contributed by atoms with E-state index >= 15 is 0 Å². The zero-order valence-corrected chi connectivity index (χ0v) is 14.2. The van der Waals surface area contributed by atoms with E-state index < -0.39 is 3.42 Å². The largest absolute Gasteiger partial charge is 0.464 e. The fraction of sp³-hybridized carbons (Fsp3) is 0.278. The van der Waals surface area contributed by atoms with Gasteiger partial charge in [-0.25, -0.2) is 4.79 Å². The summed E-state index contributed by atoms with van der Waals surface area (Å²) in [6.45, 7) is 2.55. The average molecular weight is 394 g/mol. The van der Waals surface area contributed by atoms with Crippen molar-refractivity contribution in [1.82, 2.24) is 0 Å². The van der Waals surface area contributed by atoms with Gasteiger partial charge in [0, 0.05) is 0 Å². The molecule has 2 aromatic rings. The van der Waals surface area contributed by atoms with Crippen LogP contribution in [-0.4, -0.2) is 12.6 Å². The number of rotatable bonds is 6. The Balaban J connectivity index is 2.38. The van der Waals surface area contributed by atoms with E-state index in [1.54, 1.807) is 0 Å². The van der Waals surface area contributed by atoms with Crippen LogP contribution < -0.4 is 0 Å². The van der Waals surface area contributed by atoms with Gasteiger partial charge in [-0.3, -0.25) is 0 Å². The predicted octanol–water partition coefficient (Wildman–Crippen LogP) is 4.71. The van der Waals surface area contributed by atoms with Crippen molar-refractivity contribution in [2.24, 2.45) is 0 Å². The van der Waals surface area contributed by atoms with Crippen LogP contribution in [0.5, 0.6) is 0 Å². The number of benzene rings is 2. The first kappa shape index (κ1) is 16.0. The zero-order valence-electron chi connectivity index (χ0n) is 12.1. The highest BCUT2D eigenvalue weighted by atomic mass is 127. The lowest BCUT2D eigenvalue weighted by atomic mass is 9.91. The Hall–Kier alpha value is -1.36. The number of hydrogen-bond acceptors (Lipinski definition) is 2. The lowest BCUT2D eigenvalue weighted by Gasteiger charge is -2.26. The molecule has 2 rings (SSSR count). The Morgan fingerprint density at radius 1 is 1.00 bits per heavy atom. The standard InChI is InChI=1S/C18H19IO2/c1-2-3-14-21-17(20)18(19,15-10-6-4-7-11-15)16-12-8-5-9-13-16/h4-13H,2-3,14H2,1H3. The topological polar surface area (TPSA) is 26.3 Å². The van der Waals surface area contributed by atoms with Gasteiger partial charge in [-0.05, 0) is 17.5 Å². The molecule has 0 aliphatic carbocycles. The third-order valence-electron chi connectivity index (χ3n) is 3.36. The highest BCUT2D eigenvalue weighted by Gasteiger charge is 2.40. The summed E-state index contributed by atoms with van der Waals surface area (Å²) in [6.07, 6.45) is 1.90. The van der Waals surface area contributed by atoms with Gasteiger partial charge in [0.2, 0.25) is 0 Å². The first-order chi connectivity index (χ1) is 10.2. The quantitative estimate of drug-likeness (QED) is 0.307. The first-order valence-electron chi connectivity index (χ1n) is 7.16. The number of unbranched alkanes of at least 4 members (excludes halogenated alkanes) is 1. The van der Waals surface area contributed by atoms with Crippen molar-refractivity contribution in [1.29, 1.82) is 0 Å². The summed E-state index contributed by atoms with van der Waals surface area (Å²) in [7, 11) is 0. The van der Waals surface area contributed by atoms with Crippen molar-refractivity contribution in [3.8, 4) is 0 Å². The second-order valence-corrected chi connectivity index (χ2v) is 6.50. The molecule has 0 fully saturated rings. The van der Waals surface area contributed by atoms with Crippen LogP contribution in [0.3, 0.4) is 0 Å². The minimum Gasteiger partial charge on any atom is -0.464 e. The van der Waals surface area contributed by atoms with Crippen LogP contribution in [0.15, 0.2) is 60.7 Å². The Morgan fingerprint density at radius 2 is 1.48 bits per heavy atom. The number of hydrogen-bond donors (Lipinski definition) is 0. The molecule has 0 saturated carbocycles. The van der Waals surface area contributed by atoms with Crippen LogP contribution in [0.2, 0.25) is 0 Å². The normalized spacial score (nSPS) is 11.1. The summed E-state index contributed by atoms with van der Waals surface area (Å²) in [5.41, 5.74) is 1.89. The Kier molecular flexibility index (Phi) is 5.79. The molecule has 3 heteroatoms. The molecular formula is C18H19IO2. The minimum absolute atomic E-state index is 0.200. The van der Waals surface area contributed by atoms with E-state index in [4.69, 9.17) is 4.74 Å². The summed E-state index contributed by atoms with van der Waals surface area (Å²) in [4.78, 5) is 12.7. The second kappa shape index (κ2) is 7.59. The Bertz CT molecular complexity index is 527. The summed E-state index contributed by atoms with van der Waals surface area (Å²) >= 11 is 2.21. The summed E-state index contributed by atoms with van der Waals surface area (Å²) < 4.78 is 4.71. The van der Waals surface area contributed by atoms with Gasteiger partial charge >= 0.3 is 5.97 Å². The van der Waals surface area contributed by atoms with Crippen molar-refractivity contribution in [3.05, 3.63) is 71.8 Å². The van der Waals surface area contributed by atoms with Crippen LogP contribution in [-0.2, 0) is 13.0 Å². The molecule has 0 N–H and O–H groups in total. The van der Waals surface area contributed by atoms with Gasteiger partial charge in [0.1, 0.15) is 0 Å². The molecule has 21 heavy (non-hydrogen) atoms. The summed E-state index contributed by atoms with van der Waals surface area (Å²) in [5, 5.41) is 0. The van der Waals surface area contributed by atoms with Gasteiger partial charge in [-0.15, -0.1) is 0 Å². The van der Waals surface area contributed by atoms with Crippen LogP contribution in [0.25, 0.3) is 0 Å². The van der Waals surface area contributed by atoms with Crippen molar-refractivity contribution in [2.75, 3.05) is 6.61 Å². The molecule has 0 bridgehead atoms. The van der Waals surface area contributed by atoms with Crippen molar-refractivity contribution in [3.63, 3.8) is 0 Å². The van der Waals surface area contributed by atoms with E-state index in [1.807, 2.05) is 60.7 Å². The molecule has 0 unspecified atom stereocenters. The molecule has 0 spiro atoms. The molecule has 2 aromatic carbocycles. The van der Waals surface area contributed by atoms with E-state index in [-0.39, 0.29) is 5.97 Å². The Labute approximate surface area is 139 Å². The van der Waals surface area contributed by atoms with Gasteiger partial charge in [-0.2, -0.15) is 0 Å². The maximum atomic E-state index is 12.7. The third kappa shape index (κ3) is 3.64.